The minimum atomic E-state index is -3.67. The summed E-state index contributed by atoms with van der Waals surface area (Å²) in [5.74, 6) is 0.608. The van der Waals surface area contributed by atoms with E-state index in [9.17, 15) is 13.2 Å². The number of hydrogen-bond acceptors (Lipinski definition) is 5. The Balaban J connectivity index is 1.78. The average molecular weight is 404 g/mol. The van der Waals surface area contributed by atoms with Gasteiger partial charge in [-0.05, 0) is 44.0 Å². The summed E-state index contributed by atoms with van der Waals surface area (Å²) >= 11 is 0. The largest absolute Gasteiger partial charge is 0.454 e. The van der Waals surface area contributed by atoms with Crippen molar-refractivity contribution in [2.45, 2.75) is 26.8 Å². The van der Waals surface area contributed by atoms with Gasteiger partial charge in [-0.2, -0.15) is 0 Å². The second-order valence-corrected chi connectivity index (χ2v) is 8.86. The molecular formula is C20H24N2O5S. The molecule has 0 saturated carbocycles. The summed E-state index contributed by atoms with van der Waals surface area (Å²) in [6.07, 6.45) is 1.07. The van der Waals surface area contributed by atoms with Gasteiger partial charge in [0.05, 0.1) is 18.0 Å². The van der Waals surface area contributed by atoms with Crippen molar-refractivity contribution in [3.8, 4) is 11.5 Å². The van der Waals surface area contributed by atoms with Gasteiger partial charge in [0, 0.05) is 6.07 Å². The van der Waals surface area contributed by atoms with Crippen LogP contribution in [-0.2, 0) is 14.8 Å². The summed E-state index contributed by atoms with van der Waals surface area (Å²) < 4.78 is 36.2. The summed E-state index contributed by atoms with van der Waals surface area (Å²) in [7, 11) is -3.67. The van der Waals surface area contributed by atoms with Crippen LogP contribution in [0.1, 0.15) is 29.7 Å². The molecule has 28 heavy (non-hydrogen) atoms. The quantitative estimate of drug-likeness (QED) is 0.800. The van der Waals surface area contributed by atoms with Crippen LogP contribution in [0.15, 0.2) is 36.4 Å². The normalized spacial score (nSPS) is 13.9. The second-order valence-electron chi connectivity index (χ2n) is 6.96. The van der Waals surface area contributed by atoms with Gasteiger partial charge in [-0.3, -0.25) is 9.10 Å². The third-order valence-corrected chi connectivity index (χ3v) is 5.75. The molecule has 0 aliphatic carbocycles. The molecule has 1 N–H and O–H groups in total. The highest BCUT2D eigenvalue weighted by atomic mass is 32.2. The van der Waals surface area contributed by atoms with Gasteiger partial charge in [0.2, 0.25) is 22.7 Å². The predicted molar refractivity (Wildman–Crippen MR) is 107 cm³/mol. The molecule has 0 unspecified atom stereocenters. The molecule has 1 aliphatic heterocycles. The molecule has 0 radical (unpaired) electrons. The molecule has 3 rings (SSSR count). The van der Waals surface area contributed by atoms with E-state index in [0.29, 0.717) is 17.2 Å². The third-order valence-electron chi connectivity index (χ3n) is 4.61. The van der Waals surface area contributed by atoms with E-state index in [1.165, 1.54) is 0 Å². The van der Waals surface area contributed by atoms with Crippen LogP contribution in [0.4, 0.5) is 5.69 Å². The molecule has 1 atom stereocenters. The van der Waals surface area contributed by atoms with Gasteiger partial charge >= 0.3 is 0 Å². The maximum atomic E-state index is 12.6. The van der Waals surface area contributed by atoms with Gasteiger partial charge < -0.3 is 14.8 Å². The number of aryl methyl sites for hydroxylation is 2. The first-order valence-corrected chi connectivity index (χ1v) is 10.7. The Kier molecular flexibility index (Phi) is 5.51. The fraction of sp³-hybridized carbons (Fsp3) is 0.350. The third kappa shape index (κ3) is 4.39. The Labute approximate surface area is 165 Å². The first-order valence-electron chi connectivity index (χ1n) is 8.89. The van der Waals surface area contributed by atoms with Crippen LogP contribution in [0.2, 0.25) is 0 Å². The standard InChI is InChI=1S/C20H24N2O5S/c1-13-5-6-14(2)17(9-13)15(3)21-20(23)11-22(28(4,24)25)16-7-8-18-19(10-16)27-12-26-18/h5-10,15H,11-12H2,1-4H3,(H,21,23)/t15-/m1/s1. The van der Waals surface area contributed by atoms with E-state index < -0.39 is 15.9 Å². The number of hydrogen-bond donors (Lipinski definition) is 1. The maximum absolute atomic E-state index is 12.6. The van der Waals surface area contributed by atoms with Crippen molar-refractivity contribution in [1.29, 1.82) is 0 Å². The van der Waals surface area contributed by atoms with Crippen LogP contribution < -0.4 is 19.1 Å². The van der Waals surface area contributed by atoms with Crippen molar-refractivity contribution in [2.75, 3.05) is 23.9 Å². The van der Waals surface area contributed by atoms with Crippen molar-refractivity contribution in [3.05, 3.63) is 53.1 Å². The number of fused-ring (bicyclic) bond motifs is 1. The van der Waals surface area contributed by atoms with Gasteiger partial charge in [0.1, 0.15) is 6.54 Å². The number of carbonyl (C=O) groups excluding carboxylic acids is 1. The second kappa shape index (κ2) is 7.71. The molecular weight excluding hydrogens is 380 g/mol. The smallest absolute Gasteiger partial charge is 0.241 e. The number of ether oxygens (including phenoxy) is 2. The summed E-state index contributed by atoms with van der Waals surface area (Å²) in [6.45, 7) is 5.61. The molecule has 0 aromatic heterocycles. The number of nitrogens with zero attached hydrogens (tertiary/aromatic N) is 1. The molecule has 2 aromatic rings. The van der Waals surface area contributed by atoms with E-state index in [4.69, 9.17) is 9.47 Å². The Morgan fingerprint density at radius 1 is 1.14 bits per heavy atom. The summed E-state index contributed by atoms with van der Waals surface area (Å²) in [4.78, 5) is 12.6. The summed E-state index contributed by atoms with van der Waals surface area (Å²) in [5.41, 5.74) is 3.51. The topological polar surface area (TPSA) is 84.9 Å². The molecule has 0 bridgehead atoms. The zero-order chi connectivity index (χ0) is 20.5. The van der Waals surface area contributed by atoms with E-state index in [1.807, 2.05) is 39.0 Å². The number of anilines is 1. The first kappa shape index (κ1) is 20.0. The molecule has 1 heterocycles. The van der Waals surface area contributed by atoms with E-state index in [2.05, 4.69) is 5.32 Å². The lowest BCUT2D eigenvalue weighted by Crippen LogP contribution is -2.41. The van der Waals surface area contributed by atoms with Crippen LogP contribution in [0.3, 0.4) is 0 Å². The zero-order valence-corrected chi connectivity index (χ0v) is 17.2. The van der Waals surface area contributed by atoms with Crippen LogP contribution in [0, 0.1) is 13.8 Å². The van der Waals surface area contributed by atoms with Gasteiger partial charge in [0.15, 0.2) is 11.5 Å². The van der Waals surface area contributed by atoms with Crippen LogP contribution in [0.25, 0.3) is 0 Å². The monoisotopic (exact) mass is 404 g/mol. The number of sulfonamides is 1. The molecule has 0 saturated heterocycles. The van der Waals surface area contributed by atoms with Gasteiger partial charge in [-0.25, -0.2) is 8.42 Å². The highest BCUT2D eigenvalue weighted by Gasteiger charge is 2.24. The highest BCUT2D eigenvalue weighted by Crippen LogP contribution is 2.36. The lowest BCUT2D eigenvalue weighted by Gasteiger charge is -2.24. The van der Waals surface area contributed by atoms with Crippen molar-refractivity contribution < 1.29 is 22.7 Å². The molecule has 1 aliphatic rings. The lowest BCUT2D eigenvalue weighted by molar-refractivity contribution is -0.120. The van der Waals surface area contributed by atoms with E-state index >= 15 is 0 Å². The number of benzene rings is 2. The summed E-state index contributed by atoms with van der Waals surface area (Å²) in [6, 6.07) is 10.6. The first-order chi connectivity index (χ1) is 13.1. The maximum Gasteiger partial charge on any atom is 0.241 e. The molecule has 0 fully saturated rings. The number of carbonyl (C=O) groups is 1. The Morgan fingerprint density at radius 2 is 1.86 bits per heavy atom. The lowest BCUT2D eigenvalue weighted by atomic mass is 10.00. The average Bonchev–Trinajstić information content (AvgIpc) is 3.08. The minimum Gasteiger partial charge on any atom is -0.454 e. The fourth-order valence-corrected chi connectivity index (χ4v) is 4.01. The van der Waals surface area contributed by atoms with Crippen LogP contribution in [0.5, 0.6) is 11.5 Å². The number of nitrogens with one attached hydrogen (secondary N) is 1. The van der Waals surface area contributed by atoms with Crippen molar-refractivity contribution in [1.82, 2.24) is 5.32 Å². The highest BCUT2D eigenvalue weighted by molar-refractivity contribution is 7.92. The molecule has 1 amide bonds. The van der Waals surface area contributed by atoms with E-state index in [-0.39, 0.29) is 19.4 Å². The summed E-state index contributed by atoms with van der Waals surface area (Å²) in [5, 5.41) is 2.89. The molecule has 2 aromatic carbocycles. The Hall–Kier alpha value is -2.74. The van der Waals surface area contributed by atoms with Crippen LogP contribution in [-0.4, -0.2) is 33.9 Å². The van der Waals surface area contributed by atoms with Gasteiger partial charge in [-0.15, -0.1) is 0 Å². The molecule has 150 valence electrons. The molecule has 8 heteroatoms. The minimum absolute atomic E-state index is 0.0888. The molecule has 0 spiro atoms. The van der Waals surface area contributed by atoms with E-state index in [0.717, 1.165) is 27.3 Å². The van der Waals surface area contributed by atoms with Crippen molar-refractivity contribution >= 4 is 21.6 Å². The number of rotatable bonds is 6. The SMILES string of the molecule is Cc1ccc(C)c([C@@H](C)NC(=O)CN(c2ccc3c(c2)OCO3)S(C)(=O)=O)c1. The van der Waals surface area contributed by atoms with Crippen molar-refractivity contribution in [2.24, 2.45) is 0 Å². The number of amides is 1. The van der Waals surface area contributed by atoms with Crippen molar-refractivity contribution in [3.63, 3.8) is 0 Å². The Bertz CT molecular complexity index is 1000. The van der Waals surface area contributed by atoms with E-state index in [1.54, 1.807) is 18.2 Å². The Morgan fingerprint density at radius 3 is 2.57 bits per heavy atom. The molecule has 7 nitrogen and oxygen atoms in total. The fourth-order valence-electron chi connectivity index (χ4n) is 3.16. The van der Waals surface area contributed by atoms with Gasteiger partial charge in [-0.1, -0.05) is 23.8 Å². The van der Waals surface area contributed by atoms with Gasteiger partial charge in [0.25, 0.3) is 0 Å². The zero-order valence-electron chi connectivity index (χ0n) is 16.4. The van der Waals surface area contributed by atoms with Crippen LogP contribution >= 0.6 is 0 Å². The predicted octanol–water partition coefficient (Wildman–Crippen LogP) is 2.68.